The second-order valence-electron chi connectivity index (χ2n) is 4.24. The first kappa shape index (κ1) is 12.9. The largest absolute Gasteiger partial charge is 0.367 e. The van der Waals surface area contributed by atoms with Crippen molar-refractivity contribution in [2.75, 3.05) is 12.4 Å². The van der Waals surface area contributed by atoms with Crippen LogP contribution in [0, 0.1) is 24.0 Å². The van der Waals surface area contributed by atoms with Crippen molar-refractivity contribution in [2.24, 2.45) is 0 Å². The summed E-state index contributed by atoms with van der Waals surface area (Å²) in [5, 5.41) is 14.0. The topological polar surface area (TPSA) is 81.0 Å². The Morgan fingerprint density at radius 3 is 2.58 bits per heavy atom. The zero-order valence-electron chi connectivity index (χ0n) is 11.0. The first-order valence-corrected chi connectivity index (χ1v) is 5.79. The van der Waals surface area contributed by atoms with E-state index in [0.717, 1.165) is 16.7 Å². The van der Waals surface area contributed by atoms with Crippen molar-refractivity contribution in [3.8, 4) is 11.3 Å². The van der Waals surface area contributed by atoms with Crippen LogP contribution < -0.4 is 5.32 Å². The molecule has 6 heteroatoms. The first-order chi connectivity index (χ1) is 9.04. The maximum absolute atomic E-state index is 11.2. The Labute approximate surface area is 110 Å². The normalized spacial score (nSPS) is 10.3. The lowest BCUT2D eigenvalue weighted by molar-refractivity contribution is -0.383. The fraction of sp³-hybridized carbons (Fsp3) is 0.231. The van der Waals surface area contributed by atoms with Crippen LogP contribution >= 0.6 is 0 Å². The molecule has 0 aliphatic heterocycles. The highest BCUT2D eigenvalue weighted by molar-refractivity contribution is 5.78. The molecule has 0 radical (unpaired) electrons. The summed E-state index contributed by atoms with van der Waals surface area (Å²) in [5.41, 5.74) is 3.03. The van der Waals surface area contributed by atoms with Crippen LogP contribution in [0.25, 0.3) is 11.3 Å². The SMILES string of the molecule is CNc1ncnc(-c2ccc(C)cc2C)c1[N+](=O)[O-]. The number of aryl methyl sites for hydroxylation is 2. The van der Waals surface area contributed by atoms with Gasteiger partial charge in [-0.2, -0.15) is 0 Å². The summed E-state index contributed by atoms with van der Waals surface area (Å²) in [4.78, 5) is 18.7. The van der Waals surface area contributed by atoms with Gasteiger partial charge in [-0.25, -0.2) is 9.97 Å². The highest BCUT2D eigenvalue weighted by Gasteiger charge is 2.23. The molecule has 0 saturated carbocycles. The maximum Gasteiger partial charge on any atom is 0.337 e. The van der Waals surface area contributed by atoms with Crippen molar-refractivity contribution in [3.05, 3.63) is 45.8 Å². The van der Waals surface area contributed by atoms with Gasteiger partial charge in [0.2, 0.25) is 5.82 Å². The fourth-order valence-corrected chi connectivity index (χ4v) is 2.01. The Morgan fingerprint density at radius 1 is 1.26 bits per heavy atom. The third-order valence-electron chi connectivity index (χ3n) is 2.88. The van der Waals surface area contributed by atoms with Crippen molar-refractivity contribution in [1.82, 2.24) is 9.97 Å². The van der Waals surface area contributed by atoms with E-state index in [9.17, 15) is 10.1 Å². The molecular weight excluding hydrogens is 244 g/mol. The second kappa shape index (κ2) is 5.01. The monoisotopic (exact) mass is 258 g/mol. The van der Waals surface area contributed by atoms with Gasteiger partial charge in [0, 0.05) is 12.6 Å². The molecule has 0 saturated heterocycles. The highest BCUT2D eigenvalue weighted by atomic mass is 16.6. The average molecular weight is 258 g/mol. The second-order valence-corrected chi connectivity index (χ2v) is 4.24. The minimum absolute atomic E-state index is 0.100. The predicted octanol–water partition coefficient (Wildman–Crippen LogP) is 2.71. The van der Waals surface area contributed by atoms with Crippen molar-refractivity contribution in [1.29, 1.82) is 0 Å². The third-order valence-corrected chi connectivity index (χ3v) is 2.88. The molecule has 0 amide bonds. The molecule has 6 nitrogen and oxygen atoms in total. The average Bonchev–Trinajstić information content (AvgIpc) is 2.37. The summed E-state index contributed by atoms with van der Waals surface area (Å²) in [5.74, 6) is 0.218. The van der Waals surface area contributed by atoms with Gasteiger partial charge in [-0.05, 0) is 19.4 Å². The van der Waals surface area contributed by atoms with E-state index >= 15 is 0 Å². The summed E-state index contributed by atoms with van der Waals surface area (Å²) in [6, 6.07) is 5.73. The molecule has 1 aromatic carbocycles. The summed E-state index contributed by atoms with van der Waals surface area (Å²) in [6.45, 7) is 3.89. The third kappa shape index (κ3) is 2.37. The Balaban J connectivity index is 2.71. The summed E-state index contributed by atoms with van der Waals surface area (Å²) in [7, 11) is 1.60. The van der Waals surface area contributed by atoms with Crippen molar-refractivity contribution < 1.29 is 4.92 Å². The van der Waals surface area contributed by atoms with Crippen molar-refractivity contribution >= 4 is 11.5 Å². The van der Waals surface area contributed by atoms with Gasteiger partial charge < -0.3 is 5.32 Å². The molecular formula is C13H14N4O2. The Morgan fingerprint density at radius 2 is 2.00 bits per heavy atom. The Hall–Kier alpha value is -2.50. The van der Waals surface area contributed by atoms with Gasteiger partial charge in [-0.1, -0.05) is 23.8 Å². The lowest BCUT2D eigenvalue weighted by Crippen LogP contribution is -2.03. The van der Waals surface area contributed by atoms with Gasteiger partial charge in [0.15, 0.2) is 5.69 Å². The number of hydrogen-bond acceptors (Lipinski definition) is 5. The molecule has 0 aliphatic rings. The zero-order chi connectivity index (χ0) is 14.0. The minimum Gasteiger partial charge on any atom is -0.367 e. The molecule has 0 bridgehead atoms. The van der Waals surface area contributed by atoms with E-state index in [1.165, 1.54) is 6.33 Å². The summed E-state index contributed by atoms with van der Waals surface area (Å²) < 4.78 is 0. The number of nitrogens with one attached hydrogen (secondary N) is 1. The Bertz CT molecular complexity index is 641. The molecule has 0 atom stereocenters. The molecule has 98 valence electrons. The van der Waals surface area contributed by atoms with Crippen LogP contribution in [0.5, 0.6) is 0 Å². The lowest BCUT2D eigenvalue weighted by atomic mass is 10.0. The van der Waals surface area contributed by atoms with E-state index in [4.69, 9.17) is 0 Å². The van der Waals surface area contributed by atoms with Gasteiger partial charge in [-0.3, -0.25) is 10.1 Å². The molecule has 0 aliphatic carbocycles. The van der Waals surface area contributed by atoms with E-state index < -0.39 is 4.92 Å². The van der Waals surface area contributed by atoms with E-state index in [1.807, 2.05) is 32.0 Å². The molecule has 1 heterocycles. The van der Waals surface area contributed by atoms with Crippen LogP contribution in [-0.2, 0) is 0 Å². The smallest absolute Gasteiger partial charge is 0.337 e. The quantitative estimate of drug-likeness (QED) is 0.676. The summed E-state index contributed by atoms with van der Waals surface area (Å²) >= 11 is 0. The lowest BCUT2D eigenvalue weighted by Gasteiger charge is -2.08. The van der Waals surface area contributed by atoms with E-state index in [1.54, 1.807) is 7.05 Å². The Kier molecular flexibility index (Phi) is 3.41. The van der Waals surface area contributed by atoms with Gasteiger partial charge >= 0.3 is 5.69 Å². The van der Waals surface area contributed by atoms with Crippen LogP contribution in [0.2, 0.25) is 0 Å². The number of nitrogens with zero attached hydrogens (tertiary/aromatic N) is 3. The van der Waals surface area contributed by atoms with Crippen molar-refractivity contribution in [2.45, 2.75) is 13.8 Å². The minimum atomic E-state index is -0.458. The summed E-state index contributed by atoms with van der Waals surface area (Å²) in [6.07, 6.45) is 1.33. The van der Waals surface area contributed by atoms with Crippen LogP contribution in [0.15, 0.2) is 24.5 Å². The molecule has 0 unspecified atom stereocenters. The van der Waals surface area contributed by atoms with Crippen molar-refractivity contribution in [3.63, 3.8) is 0 Å². The number of benzene rings is 1. The number of aromatic nitrogens is 2. The van der Waals surface area contributed by atoms with Crippen LogP contribution in [0.3, 0.4) is 0 Å². The standard InChI is InChI=1S/C13H14N4O2/c1-8-4-5-10(9(2)6-8)11-12(17(18)19)13(14-3)16-7-15-11/h4-7H,1-3H3,(H,14,15,16). The zero-order valence-corrected chi connectivity index (χ0v) is 11.0. The van der Waals surface area contributed by atoms with Crippen LogP contribution in [-0.4, -0.2) is 21.9 Å². The van der Waals surface area contributed by atoms with E-state index in [2.05, 4.69) is 15.3 Å². The fourth-order valence-electron chi connectivity index (χ4n) is 2.01. The molecule has 2 aromatic rings. The van der Waals surface area contributed by atoms with Crippen LogP contribution in [0.1, 0.15) is 11.1 Å². The predicted molar refractivity (Wildman–Crippen MR) is 73.1 cm³/mol. The van der Waals surface area contributed by atoms with Crippen LogP contribution in [0.4, 0.5) is 11.5 Å². The molecule has 19 heavy (non-hydrogen) atoms. The molecule has 0 fully saturated rings. The van der Waals surface area contributed by atoms with Gasteiger partial charge in [0.05, 0.1) is 4.92 Å². The number of nitro groups is 1. The van der Waals surface area contributed by atoms with E-state index in [-0.39, 0.29) is 11.5 Å². The van der Waals surface area contributed by atoms with Gasteiger partial charge in [0.1, 0.15) is 6.33 Å². The van der Waals surface area contributed by atoms with Gasteiger partial charge in [-0.15, -0.1) is 0 Å². The number of anilines is 1. The molecule has 1 aromatic heterocycles. The maximum atomic E-state index is 11.2. The number of hydrogen-bond donors (Lipinski definition) is 1. The molecule has 0 spiro atoms. The molecule has 1 N–H and O–H groups in total. The van der Waals surface area contributed by atoms with Gasteiger partial charge in [0.25, 0.3) is 0 Å². The molecule has 2 rings (SSSR count). The highest BCUT2D eigenvalue weighted by Crippen LogP contribution is 2.34. The van der Waals surface area contributed by atoms with E-state index in [0.29, 0.717) is 5.69 Å². The number of rotatable bonds is 3. The first-order valence-electron chi connectivity index (χ1n) is 5.79.